The summed E-state index contributed by atoms with van der Waals surface area (Å²) < 4.78 is 3.48. The Kier molecular flexibility index (Phi) is 0.840. The van der Waals surface area contributed by atoms with Crippen LogP contribution in [0.5, 0.6) is 0 Å². The van der Waals surface area contributed by atoms with Crippen LogP contribution in [-0.2, 0) is 0 Å². The average Bonchev–Trinajstić information content (AvgIpc) is 2.57. The molecule has 3 heterocycles. The molecule has 1 aliphatic rings. The molecule has 0 saturated heterocycles. The summed E-state index contributed by atoms with van der Waals surface area (Å²) >= 11 is 0. The highest BCUT2D eigenvalue weighted by Gasteiger charge is 2.09. The van der Waals surface area contributed by atoms with Gasteiger partial charge in [-0.2, -0.15) is 4.52 Å². The molecule has 0 saturated carbocycles. The molecule has 12 heavy (non-hydrogen) atoms. The van der Waals surface area contributed by atoms with Gasteiger partial charge in [0.25, 0.3) is 0 Å². The van der Waals surface area contributed by atoms with E-state index in [1.54, 1.807) is 17.1 Å². The zero-order valence-electron chi connectivity index (χ0n) is 5.99. The van der Waals surface area contributed by atoms with Crippen molar-refractivity contribution in [3.8, 4) is 0 Å². The Morgan fingerprint density at radius 3 is 3.25 bits per heavy atom. The fraction of sp³-hybridized carbons (Fsp3) is 0. The van der Waals surface area contributed by atoms with Gasteiger partial charge < -0.3 is 0 Å². The molecule has 0 radical (unpaired) electrons. The van der Waals surface area contributed by atoms with Crippen molar-refractivity contribution in [3.05, 3.63) is 12.4 Å². The lowest BCUT2D eigenvalue weighted by Crippen LogP contribution is -1.91. The molecule has 2 aromatic heterocycles. The van der Waals surface area contributed by atoms with Gasteiger partial charge in [0, 0.05) is 12.4 Å². The van der Waals surface area contributed by atoms with Gasteiger partial charge in [-0.3, -0.25) is 4.57 Å². The van der Waals surface area contributed by atoms with E-state index < -0.39 is 0 Å². The summed E-state index contributed by atoms with van der Waals surface area (Å²) in [5, 5.41) is 7.72. The van der Waals surface area contributed by atoms with Crippen LogP contribution in [-0.4, -0.2) is 32.1 Å². The molecule has 0 bridgehead atoms. The van der Waals surface area contributed by atoms with Crippen LogP contribution in [0.1, 0.15) is 0 Å². The molecule has 1 aliphatic heterocycles. The van der Waals surface area contributed by atoms with Crippen LogP contribution < -0.4 is 0 Å². The Morgan fingerprint density at radius 1 is 1.25 bits per heavy atom. The Morgan fingerprint density at radius 2 is 2.25 bits per heavy atom. The first-order chi connectivity index (χ1) is 5.95. The minimum atomic E-state index is 0.595. The van der Waals surface area contributed by atoms with Crippen molar-refractivity contribution in [2.45, 2.75) is 0 Å². The normalized spacial score (nSPS) is 14.0. The Balaban J connectivity index is 2.56. The van der Waals surface area contributed by atoms with Gasteiger partial charge in [-0.1, -0.05) is 5.21 Å². The van der Waals surface area contributed by atoms with Gasteiger partial charge >= 0.3 is 0 Å². The summed E-state index contributed by atoms with van der Waals surface area (Å²) in [5.41, 5.74) is 0.840. The number of hydrogen-bond donors (Lipinski definition) is 0. The SMILES string of the molecule is C1=NC=Nc2nnn3ccn1c23. The Labute approximate surface area is 66.9 Å². The molecular formula is C6H4N6. The van der Waals surface area contributed by atoms with Crippen LogP contribution in [0.25, 0.3) is 5.65 Å². The van der Waals surface area contributed by atoms with Crippen molar-refractivity contribution in [1.82, 2.24) is 19.4 Å². The molecular weight excluding hydrogens is 156 g/mol. The second kappa shape index (κ2) is 1.79. The van der Waals surface area contributed by atoms with Crippen molar-refractivity contribution >= 4 is 24.1 Å². The second-order valence-corrected chi connectivity index (χ2v) is 2.40. The van der Waals surface area contributed by atoms with Crippen molar-refractivity contribution in [2.75, 3.05) is 0 Å². The smallest absolute Gasteiger partial charge is 0.221 e. The van der Waals surface area contributed by atoms with E-state index in [0.29, 0.717) is 5.82 Å². The maximum absolute atomic E-state index is 4.00. The molecule has 0 amide bonds. The number of nitrogens with zero attached hydrogens (tertiary/aromatic N) is 6. The van der Waals surface area contributed by atoms with Gasteiger partial charge in [-0.05, 0) is 0 Å². The summed E-state index contributed by atoms with van der Waals surface area (Å²) in [5.74, 6) is 0.595. The van der Waals surface area contributed by atoms with E-state index in [0.717, 1.165) is 5.65 Å². The minimum Gasteiger partial charge on any atom is -0.287 e. The third kappa shape index (κ3) is 0.541. The summed E-state index contributed by atoms with van der Waals surface area (Å²) in [6, 6.07) is 0. The van der Waals surface area contributed by atoms with E-state index in [1.807, 2.05) is 10.8 Å². The molecule has 2 aromatic rings. The summed E-state index contributed by atoms with van der Waals surface area (Å²) in [7, 11) is 0. The molecule has 0 fully saturated rings. The third-order valence-electron chi connectivity index (χ3n) is 1.70. The molecule has 6 heteroatoms. The summed E-state index contributed by atoms with van der Waals surface area (Å²) in [4.78, 5) is 7.92. The van der Waals surface area contributed by atoms with Gasteiger partial charge in [0.1, 0.15) is 12.7 Å². The topological polar surface area (TPSA) is 59.8 Å². The number of rotatable bonds is 0. The lowest BCUT2D eigenvalue weighted by atomic mass is 10.7. The fourth-order valence-electron chi connectivity index (χ4n) is 1.19. The second-order valence-electron chi connectivity index (χ2n) is 2.40. The van der Waals surface area contributed by atoms with Gasteiger partial charge in [0.05, 0.1) is 0 Å². The fourth-order valence-corrected chi connectivity index (χ4v) is 1.19. The zero-order chi connectivity index (χ0) is 7.97. The van der Waals surface area contributed by atoms with E-state index in [4.69, 9.17) is 0 Å². The molecule has 3 rings (SSSR count). The summed E-state index contributed by atoms with van der Waals surface area (Å²) in [6.45, 7) is 0. The Hall–Kier alpha value is -1.98. The molecule has 0 atom stereocenters. The van der Waals surface area contributed by atoms with Gasteiger partial charge in [0.2, 0.25) is 5.82 Å². The van der Waals surface area contributed by atoms with Crippen LogP contribution in [0, 0.1) is 0 Å². The number of imidazole rings is 1. The van der Waals surface area contributed by atoms with Crippen molar-refractivity contribution in [1.29, 1.82) is 0 Å². The first-order valence-electron chi connectivity index (χ1n) is 3.43. The standard InChI is InChI=1S/C6H4N6/c1-2-12-6-5(9-10-12)8-3-7-4-11(1)6/h1-4H. The number of aromatic nitrogens is 4. The highest BCUT2D eigenvalue weighted by molar-refractivity contribution is 5.83. The average molecular weight is 160 g/mol. The molecule has 58 valence electrons. The van der Waals surface area contributed by atoms with E-state index in [-0.39, 0.29) is 0 Å². The number of hydrogen-bond acceptors (Lipinski definition) is 4. The van der Waals surface area contributed by atoms with Crippen LogP contribution in [0.15, 0.2) is 22.4 Å². The maximum Gasteiger partial charge on any atom is 0.221 e. The lowest BCUT2D eigenvalue weighted by Gasteiger charge is -1.87. The van der Waals surface area contributed by atoms with Crippen LogP contribution >= 0.6 is 0 Å². The molecule has 0 aromatic carbocycles. The molecule has 0 unspecified atom stereocenters. The molecule has 0 N–H and O–H groups in total. The Bertz CT molecular complexity index is 446. The minimum absolute atomic E-state index is 0.595. The zero-order valence-corrected chi connectivity index (χ0v) is 5.99. The molecule has 6 nitrogen and oxygen atoms in total. The van der Waals surface area contributed by atoms with E-state index in [2.05, 4.69) is 20.3 Å². The predicted molar refractivity (Wildman–Crippen MR) is 43.0 cm³/mol. The highest BCUT2D eigenvalue weighted by Crippen LogP contribution is 2.16. The molecule has 0 spiro atoms. The molecule has 0 aliphatic carbocycles. The maximum atomic E-state index is 4.00. The van der Waals surface area contributed by atoms with Gasteiger partial charge in [-0.25, -0.2) is 9.98 Å². The van der Waals surface area contributed by atoms with E-state index in [1.165, 1.54) is 6.34 Å². The largest absolute Gasteiger partial charge is 0.287 e. The lowest BCUT2D eigenvalue weighted by molar-refractivity contribution is 0.861. The highest BCUT2D eigenvalue weighted by atomic mass is 15.4. The monoisotopic (exact) mass is 160 g/mol. The quantitative estimate of drug-likeness (QED) is 0.548. The van der Waals surface area contributed by atoms with Crippen LogP contribution in [0.3, 0.4) is 0 Å². The van der Waals surface area contributed by atoms with Crippen molar-refractivity contribution < 1.29 is 0 Å². The first kappa shape index (κ1) is 5.64. The predicted octanol–water partition coefficient (Wildman–Crippen LogP) is 0.0806. The van der Waals surface area contributed by atoms with Crippen LogP contribution in [0.2, 0.25) is 0 Å². The van der Waals surface area contributed by atoms with E-state index in [9.17, 15) is 0 Å². The van der Waals surface area contributed by atoms with Gasteiger partial charge in [0.15, 0.2) is 5.65 Å². The number of aliphatic imine (C=N–C) groups is 2. The van der Waals surface area contributed by atoms with Crippen LogP contribution in [0.4, 0.5) is 5.82 Å². The summed E-state index contributed by atoms with van der Waals surface area (Å²) in [6.07, 6.45) is 6.78. The first-order valence-corrected chi connectivity index (χ1v) is 3.43. The third-order valence-corrected chi connectivity index (χ3v) is 1.70. The van der Waals surface area contributed by atoms with Crippen molar-refractivity contribution in [3.63, 3.8) is 0 Å². The van der Waals surface area contributed by atoms with Gasteiger partial charge in [-0.15, -0.1) is 5.10 Å². The van der Waals surface area contributed by atoms with E-state index >= 15 is 0 Å². The van der Waals surface area contributed by atoms with Crippen molar-refractivity contribution in [2.24, 2.45) is 9.98 Å².